The van der Waals surface area contributed by atoms with Gasteiger partial charge < -0.3 is 9.64 Å². The Hall–Kier alpha value is -0.0300. The molecule has 0 amide bonds. The number of rotatable bonds is 5. The van der Waals surface area contributed by atoms with Gasteiger partial charge in [-0.25, -0.2) is 0 Å². The van der Waals surface area contributed by atoms with E-state index < -0.39 is 0 Å². The van der Waals surface area contributed by atoms with Crippen LogP contribution in [0.1, 0.15) is 24.3 Å². The molecule has 3 rings (SSSR count). The smallest absolute Gasteiger partial charge is 0.0599 e. The van der Waals surface area contributed by atoms with E-state index in [-0.39, 0.29) is 0 Å². The molecule has 0 aromatic heterocycles. The molecule has 4 heteroatoms. The SMILES string of the molecule is BrCCOC1CCN(CC2CSc3ccccc32)CC1. The monoisotopic (exact) mass is 355 g/mol. The number of ether oxygens (including phenoxy) is 1. The Bertz CT molecular complexity index is 434. The highest BCUT2D eigenvalue weighted by atomic mass is 79.9. The maximum absolute atomic E-state index is 5.83. The third-order valence-electron chi connectivity index (χ3n) is 4.24. The zero-order valence-electron chi connectivity index (χ0n) is 11.8. The van der Waals surface area contributed by atoms with Gasteiger partial charge in [-0.15, -0.1) is 11.8 Å². The highest BCUT2D eigenvalue weighted by Crippen LogP contribution is 2.39. The first kappa shape index (κ1) is 14.9. The fraction of sp³-hybridized carbons (Fsp3) is 0.625. The zero-order valence-corrected chi connectivity index (χ0v) is 14.2. The number of nitrogens with zero attached hydrogens (tertiary/aromatic N) is 1. The number of thioether (sulfide) groups is 1. The van der Waals surface area contributed by atoms with Gasteiger partial charge in [0.25, 0.3) is 0 Å². The van der Waals surface area contributed by atoms with Gasteiger partial charge in [0.15, 0.2) is 0 Å². The molecule has 0 radical (unpaired) electrons. The molecule has 2 aliphatic heterocycles. The van der Waals surface area contributed by atoms with Crippen molar-refractivity contribution in [2.24, 2.45) is 0 Å². The lowest BCUT2D eigenvalue weighted by Crippen LogP contribution is -2.39. The number of fused-ring (bicyclic) bond motifs is 1. The lowest BCUT2D eigenvalue weighted by atomic mass is 9.99. The Balaban J connectivity index is 1.49. The Morgan fingerprint density at radius 2 is 2.05 bits per heavy atom. The molecule has 0 N–H and O–H groups in total. The summed E-state index contributed by atoms with van der Waals surface area (Å²) in [6.45, 7) is 4.44. The highest BCUT2D eigenvalue weighted by molar-refractivity contribution is 9.09. The maximum atomic E-state index is 5.83. The fourth-order valence-electron chi connectivity index (χ4n) is 3.16. The van der Waals surface area contributed by atoms with Crippen LogP contribution < -0.4 is 0 Å². The molecule has 1 saturated heterocycles. The van der Waals surface area contributed by atoms with E-state index in [1.165, 1.54) is 43.1 Å². The minimum absolute atomic E-state index is 0.481. The molecule has 2 aliphatic rings. The van der Waals surface area contributed by atoms with Crippen LogP contribution in [0.15, 0.2) is 29.2 Å². The predicted molar refractivity (Wildman–Crippen MR) is 89.1 cm³/mol. The van der Waals surface area contributed by atoms with E-state index >= 15 is 0 Å². The van der Waals surface area contributed by atoms with E-state index in [2.05, 4.69) is 45.1 Å². The minimum atomic E-state index is 0.481. The lowest BCUT2D eigenvalue weighted by Gasteiger charge is -2.33. The van der Waals surface area contributed by atoms with Crippen LogP contribution in [-0.4, -0.2) is 48.3 Å². The van der Waals surface area contributed by atoms with E-state index in [1.807, 2.05) is 11.8 Å². The molecule has 1 aromatic carbocycles. The molecule has 1 aromatic rings. The van der Waals surface area contributed by atoms with Crippen molar-refractivity contribution >= 4 is 27.7 Å². The second-order valence-corrected chi connectivity index (χ2v) is 7.46. The number of hydrogen-bond donors (Lipinski definition) is 0. The minimum Gasteiger partial charge on any atom is -0.377 e. The molecule has 2 heterocycles. The molecule has 1 fully saturated rings. The van der Waals surface area contributed by atoms with Crippen molar-refractivity contribution in [1.82, 2.24) is 4.90 Å². The summed E-state index contributed by atoms with van der Waals surface area (Å²) in [5.41, 5.74) is 1.56. The quantitative estimate of drug-likeness (QED) is 0.746. The van der Waals surface area contributed by atoms with Gasteiger partial charge in [-0.05, 0) is 24.5 Å². The fourth-order valence-corrected chi connectivity index (χ4v) is 4.59. The average molecular weight is 356 g/mol. The Morgan fingerprint density at radius 3 is 2.85 bits per heavy atom. The number of likely N-dealkylation sites (tertiary alicyclic amines) is 1. The number of alkyl halides is 1. The van der Waals surface area contributed by atoms with E-state index in [4.69, 9.17) is 4.74 Å². The summed E-state index contributed by atoms with van der Waals surface area (Å²) in [5, 5.41) is 0.948. The summed E-state index contributed by atoms with van der Waals surface area (Å²) in [6.07, 6.45) is 2.86. The summed E-state index contributed by atoms with van der Waals surface area (Å²) in [5.74, 6) is 1.97. The predicted octanol–water partition coefficient (Wildman–Crippen LogP) is 3.75. The van der Waals surface area contributed by atoms with Crippen LogP contribution in [0.25, 0.3) is 0 Å². The van der Waals surface area contributed by atoms with Crippen LogP contribution in [0.2, 0.25) is 0 Å². The molecule has 20 heavy (non-hydrogen) atoms. The Labute approximate surface area is 134 Å². The van der Waals surface area contributed by atoms with Crippen LogP contribution in [0, 0.1) is 0 Å². The van der Waals surface area contributed by atoms with Crippen molar-refractivity contribution in [3.63, 3.8) is 0 Å². The summed E-state index contributed by atoms with van der Waals surface area (Å²) >= 11 is 5.44. The van der Waals surface area contributed by atoms with Crippen LogP contribution in [0.5, 0.6) is 0 Å². The van der Waals surface area contributed by atoms with Gasteiger partial charge in [0.05, 0.1) is 12.7 Å². The molecule has 0 aliphatic carbocycles. The molecular formula is C16H22BrNOS. The van der Waals surface area contributed by atoms with Gasteiger partial charge in [-0.1, -0.05) is 34.1 Å². The second-order valence-electron chi connectivity index (χ2n) is 5.61. The summed E-state index contributed by atoms with van der Waals surface area (Å²) in [6, 6.07) is 8.91. The number of hydrogen-bond acceptors (Lipinski definition) is 3. The standard InChI is InChI=1S/C16H22BrNOS/c17-7-10-19-14-5-8-18(9-6-14)11-13-12-20-16-4-2-1-3-15(13)16/h1-4,13-14H,5-12H2. The van der Waals surface area contributed by atoms with Gasteiger partial charge in [0.1, 0.15) is 0 Å². The number of halogens is 1. The molecule has 110 valence electrons. The zero-order chi connectivity index (χ0) is 13.8. The van der Waals surface area contributed by atoms with Crippen molar-refractivity contribution in [2.75, 3.05) is 37.3 Å². The van der Waals surface area contributed by atoms with Crippen molar-refractivity contribution in [2.45, 2.75) is 29.8 Å². The molecule has 1 unspecified atom stereocenters. The lowest BCUT2D eigenvalue weighted by molar-refractivity contribution is 0.0151. The van der Waals surface area contributed by atoms with Gasteiger partial charge >= 0.3 is 0 Å². The Morgan fingerprint density at radius 1 is 1.25 bits per heavy atom. The van der Waals surface area contributed by atoms with Crippen molar-refractivity contribution < 1.29 is 4.74 Å². The first-order valence-corrected chi connectivity index (χ1v) is 9.59. The molecule has 2 nitrogen and oxygen atoms in total. The number of benzene rings is 1. The largest absolute Gasteiger partial charge is 0.377 e. The van der Waals surface area contributed by atoms with Crippen molar-refractivity contribution in [3.8, 4) is 0 Å². The van der Waals surface area contributed by atoms with E-state index in [1.54, 1.807) is 5.56 Å². The van der Waals surface area contributed by atoms with Gasteiger partial charge in [0.2, 0.25) is 0 Å². The first-order valence-electron chi connectivity index (χ1n) is 7.48. The van der Waals surface area contributed by atoms with E-state index in [0.29, 0.717) is 6.10 Å². The third-order valence-corrected chi connectivity index (χ3v) is 5.82. The normalized spacial score (nSPS) is 23.9. The summed E-state index contributed by atoms with van der Waals surface area (Å²) < 4.78 is 5.83. The molecule has 0 bridgehead atoms. The molecule has 0 spiro atoms. The summed E-state index contributed by atoms with van der Waals surface area (Å²) in [4.78, 5) is 4.12. The van der Waals surface area contributed by atoms with Crippen LogP contribution in [0.3, 0.4) is 0 Å². The second kappa shape index (κ2) is 7.30. The summed E-state index contributed by atoms with van der Waals surface area (Å²) in [7, 11) is 0. The molecule has 0 saturated carbocycles. The van der Waals surface area contributed by atoms with Crippen molar-refractivity contribution in [1.29, 1.82) is 0 Å². The highest BCUT2D eigenvalue weighted by Gasteiger charge is 2.27. The molecular weight excluding hydrogens is 334 g/mol. The van der Waals surface area contributed by atoms with Crippen LogP contribution in [-0.2, 0) is 4.74 Å². The van der Waals surface area contributed by atoms with Gasteiger partial charge in [-0.3, -0.25) is 0 Å². The topological polar surface area (TPSA) is 12.5 Å². The van der Waals surface area contributed by atoms with Gasteiger partial charge in [0, 0.05) is 41.5 Å². The van der Waals surface area contributed by atoms with E-state index in [0.717, 1.165) is 17.9 Å². The Kier molecular flexibility index (Phi) is 5.43. The first-order chi connectivity index (χ1) is 9.86. The molecule has 1 atom stereocenters. The number of piperidine rings is 1. The van der Waals surface area contributed by atoms with Crippen LogP contribution in [0.4, 0.5) is 0 Å². The van der Waals surface area contributed by atoms with Crippen molar-refractivity contribution in [3.05, 3.63) is 29.8 Å². The third kappa shape index (κ3) is 3.59. The van der Waals surface area contributed by atoms with Crippen LogP contribution >= 0.6 is 27.7 Å². The van der Waals surface area contributed by atoms with E-state index in [9.17, 15) is 0 Å². The maximum Gasteiger partial charge on any atom is 0.0599 e. The average Bonchev–Trinajstić information content (AvgIpc) is 2.90. The van der Waals surface area contributed by atoms with Gasteiger partial charge in [-0.2, -0.15) is 0 Å².